The van der Waals surface area contributed by atoms with Gasteiger partial charge in [0.1, 0.15) is 12.4 Å². The number of aromatic nitrogens is 2. The van der Waals surface area contributed by atoms with Gasteiger partial charge in [-0.2, -0.15) is 0 Å². The minimum absolute atomic E-state index is 0.527. The van der Waals surface area contributed by atoms with Gasteiger partial charge in [0.2, 0.25) is 0 Å². The van der Waals surface area contributed by atoms with E-state index in [0.717, 1.165) is 16.2 Å². The van der Waals surface area contributed by atoms with Crippen molar-refractivity contribution < 1.29 is 4.74 Å². The third-order valence-electron chi connectivity index (χ3n) is 2.16. The Balaban J connectivity index is 2.02. The highest BCUT2D eigenvalue weighted by atomic mass is 79.9. The number of nitrogens with zero attached hydrogens (tertiary/aromatic N) is 2. The van der Waals surface area contributed by atoms with Crippen molar-refractivity contribution in [1.82, 2.24) is 9.55 Å². The van der Waals surface area contributed by atoms with Crippen LogP contribution in [-0.4, -0.2) is 9.55 Å². The van der Waals surface area contributed by atoms with Crippen LogP contribution in [0.4, 0.5) is 0 Å². The standard InChI is InChI=1S/C11H11BrN2O/c1-14-9(7-13-11(14)12)8-15-10-5-3-2-4-6-10/h2-7H,8H2,1H3. The molecule has 1 heterocycles. The minimum Gasteiger partial charge on any atom is -0.487 e. The number of imidazole rings is 1. The molecule has 0 bridgehead atoms. The molecule has 1 aromatic heterocycles. The summed E-state index contributed by atoms with van der Waals surface area (Å²) >= 11 is 3.34. The minimum atomic E-state index is 0.527. The summed E-state index contributed by atoms with van der Waals surface area (Å²) in [7, 11) is 1.95. The summed E-state index contributed by atoms with van der Waals surface area (Å²) in [6.07, 6.45) is 1.80. The molecule has 0 radical (unpaired) electrons. The Morgan fingerprint density at radius 3 is 2.67 bits per heavy atom. The molecule has 0 aliphatic carbocycles. The quantitative estimate of drug-likeness (QED) is 0.855. The zero-order valence-electron chi connectivity index (χ0n) is 8.35. The summed E-state index contributed by atoms with van der Waals surface area (Å²) in [4.78, 5) is 4.13. The number of rotatable bonds is 3. The molecule has 0 amide bonds. The zero-order valence-corrected chi connectivity index (χ0v) is 9.94. The summed E-state index contributed by atoms with van der Waals surface area (Å²) in [5.41, 5.74) is 1.03. The zero-order chi connectivity index (χ0) is 10.7. The second-order valence-electron chi connectivity index (χ2n) is 3.18. The van der Waals surface area contributed by atoms with Gasteiger partial charge >= 0.3 is 0 Å². The van der Waals surface area contributed by atoms with Crippen molar-refractivity contribution >= 4 is 15.9 Å². The molecule has 0 atom stereocenters. The Labute approximate surface area is 96.8 Å². The third-order valence-corrected chi connectivity index (χ3v) is 2.89. The average molecular weight is 267 g/mol. The molecular weight excluding hydrogens is 256 g/mol. The van der Waals surface area contributed by atoms with Gasteiger partial charge in [-0.3, -0.25) is 0 Å². The Morgan fingerprint density at radius 1 is 1.33 bits per heavy atom. The van der Waals surface area contributed by atoms with E-state index in [0.29, 0.717) is 6.61 Å². The van der Waals surface area contributed by atoms with E-state index in [-0.39, 0.29) is 0 Å². The van der Waals surface area contributed by atoms with Gasteiger partial charge in [-0.05, 0) is 28.1 Å². The SMILES string of the molecule is Cn1c(COc2ccccc2)cnc1Br. The normalized spacial score (nSPS) is 10.3. The van der Waals surface area contributed by atoms with Gasteiger partial charge in [0.15, 0.2) is 4.73 Å². The number of para-hydroxylation sites is 1. The van der Waals surface area contributed by atoms with Crippen molar-refractivity contribution in [2.75, 3.05) is 0 Å². The van der Waals surface area contributed by atoms with Crippen LogP contribution in [0.15, 0.2) is 41.3 Å². The first-order valence-corrected chi connectivity index (χ1v) is 5.40. The van der Waals surface area contributed by atoms with Crippen LogP contribution in [0.2, 0.25) is 0 Å². The van der Waals surface area contributed by atoms with Crippen LogP contribution in [0.3, 0.4) is 0 Å². The van der Waals surface area contributed by atoms with Crippen molar-refractivity contribution in [3.05, 3.63) is 47.0 Å². The predicted molar refractivity (Wildman–Crippen MR) is 61.7 cm³/mol. The Morgan fingerprint density at radius 2 is 2.07 bits per heavy atom. The summed E-state index contributed by atoms with van der Waals surface area (Å²) in [5.74, 6) is 0.870. The fourth-order valence-electron chi connectivity index (χ4n) is 1.23. The van der Waals surface area contributed by atoms with Crippen molar-refractivity contribution in [3.63, 3.8) is 0 Å². The van der Waals surface area contributed by atoms with Crippen molar-refractivity contribution in [2.45, 2.75) is 6.61 Å². The third kappa shape index (κ3) is 2.39. The van der Waals surface area contributed by atoms with Gasteiger partial charge in [0, 0.05) is 7.05 Å². The van der Waals surface area contributed by atoms with E-state index in [9.17, 15) is 0 Å². The predicted octanol–water partition coefficient (Wildman–Crippen LogP) is 2.76. The molecule has 4 heteroatoms. The second-order valence-corrected chi connectivity index (χ2v) is 3.89. The lowest BCUT2D eigenvalue weighted by Gasteiger charge is -2.06. The lowest BCUT2D eigenvalue weighted by atomic mass is 10.3. The van der Waals surface area contributed by atoms with Crippen LogP contribution >= 0.6 is 15.9 Å². The molecule has 0 aliphatic rings. The molecule has 15 heavy (non-hydrogen) atoms. The summed E-state index contributed by atoms with van der Waals surface area (Å²) in [5, 5.41) is 0. The number of benzene rings is 1. The number of hydrogen-bond donors (Lipinski definition) is 0. The molecule has 2 rings (SSSR count). The first-order valence-electron chi connectivity index (χ1n) is 4.61. The van der Waals surface area contributed by atoms with E-state index in [4.69, 9.17) is 4.74 Å². The maximum atomic E-state index is 5.60. The monoisotopic (exact) mass is 266 g/mol. The van der Waals surface area contributed by atoms with Gasteiger partial charge < -0.3 is 9.30 Å². The Kier molecular flexibility index (Phi) is 3.06. The largest absolute Gasteiger partial charge is 0.487 e. The van der Waals surface area contributed by atoms with Gasteiger partial charge in [-0.15, -0.1) is 0 Å². The Bertz CT molecular complexity index is 439. The molecule has 3 nitrogen and oxygen atoms in total. The Hall–Kier alpha value is -1.29. The van der Waals surface area contributed by atoms with Gasteiger partial charge in [0.05, 0.1) is 11.9 Å². The van der Waals surface area contributed by atoms with Crippen LogP contribution in [0.1, 0.15) is 5.69 Å². The summed E-state index contributed by atoms with van der Waals surface area (Å²) in [6.45, 7) is 0.527. The van der Waals surface area contributed by atoms with Crippen LogP contribution in [0, 0.1) is 0 Å². The van der Waals surface area contributed by atoms with E-state index < -0.39 is 0 Å². The van der Waals surface area contributed by atoms with E-state index in [1.165, 1.54) is 0 Å². The highest BCUT2D eigenvalue weighted by molar-refractivity contribution is 9.10. The molecule has 0 spiro atoms. The van der Waals surface area contributed by atoms with E-state index in [2.05, 4.69) is 20.9 Å². The summed E-state index contributed by atoms with van der Waals surface area (Å²) < 4.78 is 8.37. The van der Waals surface area contributed by atoms with Crippen LogP contribution in [0.25, 0.3) is 0 Å². The fourth-order valence-corrected chi connectivity index (χ4v) is 1.56. The molecule has 1 aromatic carbocycles. The summed E-state index contributed by atoms with van der Waals surface area (Å²) in [6, 6.07) is 9.74. The van der Waals surface area contributed by atoms with Crippen molar-refractivity contribution in [2.24, 2.45) is 7.05 Å². The molecule has 0 unspecified atom stereocenters. The topological polar surface area (TPSA) is 27.1 Å². The number of halogens is 1. The highest BCUT2D eigenvalue weighted by Crippen LogP contribution is 2.13. The molecule has 0 saturated carbocycles. The van der Waals surface area contributed by atoms with E-state index >= 15 is 0 Å². The van der Waals surface area contributed by atoms with Crippen LogP contribution in [0.5, 0.6) is 5.75 Å². The van der Waals surface area contributed by atoms with Crippen molar-refractivity contribution in [3.8, 4) is 5.75 Å². The fraction of sp³-hybridized carbons (Fsp3) is 0.182. The second kappa shape index (κ2) is 4.49. The molecular formula is C11H11BrN2O. The lowest BCUT2D eigenvalue weighted by Crippen LogP contribution is -2.01. The first kappa shape index (κ1) is 10.2. The van der Waals surface area contributed by atoms with E-state index in [1.54, 1.807) is 6.20 Å². The average Bonchev–Trinajstić information content (AvgIpc) is 2.59. The first-order chi connectivity index (χ1) is 7.27. The number of hydrogen-bond acceptors (Lipinski definition) is 2. The molecule has 2 aromatic rings. The molecule has 0 saturated heterocycles. The van der Waals surface area contributed by atoms with Crippen molar-refractivity contribution in [1.29, 1.82) is 0 Å². The number of ether oxygens (including phenoxy) is 1. The molecule has 78 valence electrons. The smallest absolute Gasteiger partial charge is 0.177 e. The highest BCUT2D eigenvalue weighted by Gasteiger charge is 2.03. The molecule has 0 N–H and O–H groups in total. The van der Waals surface area contributed by atoms with Gasteiger partial charge in [-0.1, -0.05) is 18.2 Å². The van der Waals surface area contributed by atoms with Crippen LogP contribution < -0.4 is 4.74 Å². The van der Waals surface area contributed by atoms with E-state index in [1.807, 2.05) is 41.9 Å². The maximum absolute atomic E-state index is 5.60. The maximum Gasteiger partial charge on any atom is 0.177 e. The molecule has 0 fully saturated rings. The van der Waals surface area contributed by atoms with Gasteiger partial charge in [-0.25, -0.2) is 4.98 Å². The lowest BCUT2D eigenvalue weighted by molar-refractivity contribution is 0.297. The molecule has 0 aliphatic heterocycles. The van der Waals surface area contributed by atoms with Gasteiger partial charge in [0.25, 0.3) is 0 Å². The van der Waals surface area contributed by atoms with Crippen LogP contribution in [-0.2, 0) is 13.7 Å².